The van der Waals surface area contributed by atoms with E-state index in [4.69, 9.17) is 12.6 Å². The van der Waals surface area contributed by atoms with Gasteiger partial charge >= 0.3 is 0 Å². The summed E-state index contributed by atoms with van der Waals surface area (Å²) >= 11 is 4.70. The van der Waals surface area contributed by atoms with Crippen molar-refractivity contribution in [2.45, 2.75) is 13.3 Å². The van der Waals surface area contributed by atoms with Crippen LogP contribution in [-0.2, 0) is 32.7 Å². The summed E-state index contributed by atoms with van der Waals surface area (Å²) in [5.41, 5.74) is 0. The molecule has 0 amide bonds. The van der Waals surface area contributed by atoms with E-state index >= 15 is 0 Å². The van der Waals surface area contributed by atoms with Crippen LogP contribution in [0.5, 0.6) is 0 Å². The van der Waals surface area contributed by atoms with Gasteiger partial charge in [-0.1, -0.05) is 6.92 Å². The summed E-state index contributed by atoms with van der Waals surface area (Å²) in [7, 11) is 0. The molecule has 0 spiro atoms. The Labute approximate surface area is 70.4 Å². The molecule has 0 aliphatic heterocycles. The van der Waals surface area contributed by atoms with E-state index in [0.29, 0.717) is 0 Å². The zero-order valence-corrected chi connectivity index (χ0v) is 8.28. The van der Waals surface area contributed by atoms with E-state index in [1.165, 1.54) is 6.42 Å². The molecule has 0 saturated carbocycles. The molecule has 0 aromatic carbocycles. The Morgan fingerprint density at radius 3 is 2.38 bits per heavy atom. The van der Waals surface area contributed by atoms with Gasteiger partial charge in [0, 0.05) is 20.1 Å². The second-order valence-corrected chi connectivity index (χ2v) is 1.86. The van der Waals surface area contributed by atoms with Crippen molar-refractivity contribution in [3.05, 3.63) is 0 Å². The number of nitrogens with one attached hydrogen (secondary N) is 1. The van der Waals surface area contributed by atoms with E-state index in [9.17, 15) is 0 Å². The smallest absolute Gasteiger partial charge is 0 e. The quantitative estimate of drug-likeness (QED) is 0.601. The molecule has 0 unspecified atom stereocenters. The van der Waals surface area contributed by atoms with Gasteiger partial charge in [-0.05, 0) is 19.5 Å². The molecule has 0 rings (SSSR count). The first-order valence-corrected chi connectivity index (χ1v) is 3.28. The zero-order chi connectivity index (χ0) is 5.54. The summed E-state index contributed by atoms with van der Waals surface area (Å²) in [6, 6.07) is 0. The Kier molecular flexibility index (Phi) is 15.9. The van der Waals surface area contributed by atoms with Crippen molar-refractivity contribution in [1.82, 2.24) is 5.32 Å². The molecule has 1 nitrogen and oxygen atoms in total. The molecule has 0 aliphatic rings. The van der Waals surface area contributed by atoms with Gasteiger partial charge in [0.25, 0.3) is 0 Å². The maximum Gasteiger partial charge on any atom is 0 e. The topological polar surface area (TPSA) is 12.0 Å². The monoisotopic (exact) mass is 311 g/mol. The second-order valence-electron chi connectivity index (χ2n) is 1.45. The van der Waals surface area contributed by atoms with Crippen molar-refractivity contribution < 1.29 is 20.1 Å². The molecular weight excluding hydrogens is 298 g/mol. The van der Waals surface area contributed by atoms with E-state index < -0.39 is 0 Å². The van der Waals surface area contributed by atoms with Crippen LogP contribution in [0.1, 0.15) is 13.3 Å². The predicted octanol–water partition coefficient (Wildman–Crippen LogP) is 0.530. The van der Waals surface area contributed by atoms with Gasteiger partial charge in [-0.3, -0.25) is 0 Å². The van der Waals surface area contributed by atoms with Crippen LogP contribution in [0.15, 0.2) is 0 Å². The molecule has 3 heteroatoms. The van der Waals surface area contributed by atoms with Crippen LogP contribution >= 0.6 is 0 Å². The summed E-state index contributed by atoms with van der Waals surface area (Å²) in [5.74, 6) is 0.833. The molecule has 0 saturated heterocycles. The molecule has 0 aliphatic carbocycles. The molecular formula is C5H12IrNS-. The summed E-state index contributed by atoms with van der Waals surface area (Å²) in [6.45, 7) is 4.25. The van der Waals surface area contributed by atoms with Crippen LogP contribution in [0.25, 0.3) is 0 Å². The molecule has 1 N–H and O–H groups in total. The van der Waals surface area contributed by atoms with Crippen LogP contribution in [0.2, 0.25) is 0 Å². The predicted molar refractivity (Wildman–Crippen MR) is 35.4 cm³/mol. The van der Waals surface area contributed by atoms with Crippen molar-refractivity contribution in [3.63, 3.8) is 0 Å². The molecule has 1 radical (unpaired) electrons. The third kappa shape index (κ3) is 10.0. The third-order valence-corrected chi connectivity index (χ3v) is 0.910. The van der Waals surface area contributed by atoms with E-state index in [1.54, 1.807) is 0 Å². The normalized spacial score (nSPS) is 8.25. The average molecular weight is 310 g/mol. The van der Waals surface area contributed by atoms with Gasteiger partial charge in [-0.25, -0.2) is 0 Å². The first-order valence-electron chi connectivity index (χ1n) is 2.70. The molecule has 0 bridgehead atoms. The van der Waals surface area contributed by atoms with Gasteiger partial charge in [0.15, 0.2) is 0 Å². The minimum atomic E-state index is 0. The van der Waals surface area contributed by atoms with Crippen LogP contribution < -0.4 is 5.32 Å². The Bertz CT molecular complexity index is 31.6. The van der Waals surface area contributed by atoms with Crippen LogP contribution in [0.3, 0.4) is 0 Å². The summed E-state index contributed by atoms with van der Waals surface area (Å²) < 4.78 is 0. The summed E-state index contributed by atoms with van der Waals surface area (Å²) in [5, 5.41) is 3.18. The fourth-order valence-electron chi connectivity index (χ4n) is 0.374. The maximum atomic E-state index is 4.70. The molecule has 0 aromatic rings. The summed E-state index contributed by atoms with van der Waals surface area (Å²) in [4.78, 5) is 0. The fraction of sp³-hybridized carbons (Fsp3) is 1.00. The van der Waals surface area contributed by atoms with Crippen molar-refractivity contribution >= 4 is 12.6 Å². The Balaban J connectivity index is 0. The van der Waals surface area contributed by atoms with Gasteiger partial charge in [0.2, 0.25) is 0 Å². The number of rotatable bonds is 4. The van der Waals surface area contributed by atoms with Gasteiger partial charge < -0.3 is 17.9 Å². The molecule has 0 atom stereocenters. The second kappa shape index (κ2) is 10.9. The average Bonchev–Trinajstić information content (AvgIpc) is 1.69. The van der Waals surface area contributed by atoms with Crippen molar-refractivity contribution in [1.29, 1.82) is 0 Å². The molecule has 0 aromatic heterocycles. The first-order chi connectivity index (χ1) is 3.41. The minimum Gasteiger partial charge on any atom is -0.791 e. The molecule has 0 fully saturated rings. The Hall–Kier alpha value is 0.959. The summed E-state index contributed by atoms with van der Waals surface area (Å²) in [6.07, 6.45) is 1.20. The van der Waals surface area contributed by atoms with E-state index in [2.05, 4.69) is 12.2 Å². The molecule has 0 heterocycles. The Morgan fingerprint density at radius 2 is 2.00 bits per heavy atom. The molecule has 53 valence electrons. The van der Waals surface area contributed by atoms with Crippen molar-refractivity contribution in [2.24, 2.45) is 0 Å². The zero-order valence-electron chi connectivity index (χ0n) is 5.07. The van der Waals surface area contributed by atoms with Gasteiger partial charge in [0.1, 0.15) is 0 Å². The van der Waals surface area contributed by atoms with Crippen LogP contribution in [0, 0.1) is 0 Å². The number of hydrogen-bond acceptors (Lipinski definition) is 2. The third-order valence-electron chi connectivity index (χ3n) is 0.706. The largest absolute Gasteiger partial charge is 0.791 e. The van der Waals surface area contributed by atoms with E-state index in [-0.39, 0.29) is 20.1 Å². The standard InChI is InChI=1S/C5H13NS.Ir/c1-2-3-6-4-5-7;/h6-7H,2-5H2,1H3;/p-1. The minimum absolute atomic E-state index is 0. The van der Waals surface area contributed by atoms with Gasteiger partial charge in [-0.15, -0.1) is 0 Å². The van der Waals surface area contributed by atoms with Gasteiger partial charge in [-0.2, -0.15) is 5.75 Å². The number of hydrogen-bond donors (Lipinski definition) is 1. The van der Waals surface area contributed by atoms with E-state index in [1.807, 2.05) is 0 Å². The SMILES string of the molecule is CCCNCC[S-].[Ir]. The van der Waals surface area contributed by atoms with Crippen molar-refractivity contribution in [3.8, 4) is 0 Å². The fourth-order valence-corrected chi connectivity index (χ4v) is 0.518. The van der Waals surface area contributed by atoms with Crippen LogP contribution in [0.4, 0.5) is 0 Å². The van der Waals surface area contributed by atoms with Gasteiger partial charge in [0.05, 0.1) is 0 Å². The first kappa shape index (κ1) is 11.7. The van der Waals surface area contributed by atoms with Crippen LogP contribution in [-0.4, -0.2) is 18.8 Å². The van der Waals surface area contributed by atoms with Crippen molar-refractivity contribution in [2.75, 3.05) is 18.8 Å². The van der Waals surface area contributed by atoms with E-state index in [0.717, 1.165) is 18.8 Å². The molecule has 8 heavy (non-hydrogen) atoms. The maximum absolute atomic E-state index is 4.70. The Morgan fingerprint density at radius 1 is 1.38 bits per heavy atom.